The Kier molecular flexibility index (Phi) is 5.20. The maximum atomic E-state index is 8.87. The molecule has 2 aromatic rings. The predicted octanol–water partition coefficient (Wildman–Crippen LogP) is 5.13. The highest BCUT2D eigenvalue weighted by Crippen LogP contribution is 2.35. The van der Waals surface area contributed by atoms with E-state index in [2.05, 4.69) is 53.7 Å². The molecule has 0 radical (unpaired) electrons. The molecule has 3 heteroatoms. The van der Waals surface area contributed by atoms with Gasteiger partial charge in [0.2, 0.25) is 0 Å². The zero-order valence-corrected chi connectivity index (χ0v) is 15.5. The topological polar surface area (TPSA) is 46.3 Å². The molecule has 0 saturated heterocycles. The van der Waals surface area contributed by atoms with Crippen molar-refractivity contribution < 1.29 is 9.52 Å². The van der Waals surface area contributed by atoms with Crippen molar-refractivity contribution in [3.63, 3.8) is 0 Å². The third kappa shape index (κ3) is 4.35. The van der Waals surface area contributed by atoms with Crippen LogP contribution in [0.1, 0.15) is 77.8 Å². The highest BCUT2D eigenvalue weighted by molar-refractivity contribution is 5.79. The van der Waals surface area contributed by atoms with E-state index in [4.69, 9.17) is 14.5 Å². The third-order valence-electron chi connectivity index (χ3n) is 4.26. The summed E-state index contributed by atoms with van der Waals surface area (Å²) in [7, 11) is 0. The first-order valence-electron chi connectivity index (χ1n) is 8.68. The summed E-state index contributed by atoms with van der Waals surface area (Å²) in [5.41, 5.74) is 4.55. The van der Waals surface area contributed by atoms with Gasteiger partial charge in [-0.25, -0.2) is 4.98 Å². The summed E-state index contributed by atoms with van der Waals surface area (Å²) in [5, 5.41) is 8.87. The highest BCUT2D eigenvalue weighted by atomic mass is 16.3. The lowest BCUT2D eigenvalue weighted by atomic mass is 9.80. The average Bonchev–Trinajstić information content (AvgIpc) is 2.83. The molecule has 0 unspecified atom stereocenters. The largest absolute Gasteiger partial charge is 0.440 e. The van der Waals surface area contributed by atoms with Gasteiger partial charge in [-0.2, -0.15) is 0 Å². The summed E-state index contributed by atoms with van der Waals surface area (Å²) < 4.78 is 6.10. The van der Waals surface area contributed by atoms with Gasteiger partial charge < -0.3 is 9.52 Å². The van der Waals surface area contributed by atoms with Crippen LogP contribution >= 0.6 is 0 Å². The zero-order valence-electron chi connectivity index (χ0n) is 15.5. The minimum atomic E-state index is 0.0210. The van der Waals surface area contributed by atoms with E-state index in [0.29, 0.717) is 0 Å². The van der Waals surface area contributed by atoms with E-state index >= 15 is 0 Å². The van der Waals surface area contributed by atoms with Crippen LogP contribution in [0.15, 0.2) is 16.5 Å². The molecular weight excluding hydrogens is 286 g/mol. The molecule has 1 aromatic heterocycles. The number of aryl methyl sites for hydroxylation is 1. The highest BCUT2D eigenvalue weighted by Gasteiger charge is 2.25. The van der Waals surface area contributed by atoms with Crippen LogP contribution in [0.25, 0.3) is 11.1 Å². The van der Waals surface area contributed by atoms with Gasteiger partial charge in [0.05, 0.1) is 0 Å². The van der Waals surface area contributed by atoms with Crippen LogP contribution in [-0.2, 0) is 17.3 Å². The minimum Gasteiger partial charge on any atom is -0.440 e. The van der Waals surface area contributed by atoms with Gasteiger partial charge >= 0.3 is 0 Å². The van der Waals surface area contributed by atoms with Gasteiger partial charge in [-0.15, -0.1) is 0 Å². The maximum absolute atomic E-state index is 8.87. The first kappa shape index (κ1) is 18.0. The zero-order chi connectivity index (χ0) is 17.3. The normalized spacial score (nSPS) is 13.0. The molecule has 0 aliphatic heterocycles. The molecule has 0 atom stereocenters. The second kappa shape index (κ2) is 6.64. The number of hydrogen-bond donors (Lipinski definition) is 1. The van der Waals surface area contributed by atoms with Crippen LogP contribution in [0.5, 0.6) is 0 Å². The van der Waals surface area contributed by atoms with E-state index in [1.54, 1.807) is 0 Å². The molecule has 0 fully saturated rings. The molecule has 1 N–H and O–H groups in total. The summed E-state index contributed by atoms with van der Waals surface area (Å²) in [6, 6.07) is 4.45. The molecule has 0 amide bonds. The number of aromatic nitrogens is 1. The lowest BCUT2D eigenvalue weighted by Gasteiger charge is -2.24. The molecule has 2 rings (SSSR count). The van der Waals surface area contributed by atoms with Crippen LogP contribution in [0.3, 0.4) is 0 Å². The maximum Gasteiger partial charge on any atom is 0.195 e. The van der Waals surface area contributed by atoms with Gasteiger partial charge in [-0.3, -0.25) is 0 Å². The number of nitrogens with zero attached hydrogens (tertiary/aromatic N) is 1. The Morgan fingerprint density at radius 1 is 0.957 bits per heavy atom. The van der Waals surface area contributed by atoms with E-state index in [1.807, 2.05) is 0 Å². The number of benzene rings is 1. The Morgan fingerprint density at radius 2 is 1.65 bits per heavy atom. The summed E-state index contributed by atoms with van der Waals surface area (Å²) in [6.45, 7) is 13.6. The molecule has 1 aromatic carbocycles. The number of rotatable bonds is 5. The predicted molar refractivity (Wildman–Crippen MR) is 96.0 cm³/mol. The number of aliphatic hydroxyl groups excluding tert-OH is 1. The molecule has 3 nitrogen and oxygen atoms in total. The van der Waals surface area contributed by atoms with Crippen LogP contribution in [-0.4, -0.2) is 16.7 Å². The Bertz CT molecular complexity index is 657. The molecule has 128 valence electrons. The van der Waals surface area contributed by atoms with Crippen molar-refractivity contribution in [2.45, 2.75) is 78.1 Å². The van der Waals surface area contributed by atoms with Crippen LogP contribution in [0.4, 0.5) is 0 Å². The lowest BCUT2D eigenvalue weighted by molar-refractivity contribution is 0.282. The fraction of sp³-hybridized carbons (Fsp3) is 0.650. The Balaban J connectivity index is 2.42. The van der Waals surface area contributed by atoms with Crippen molar-refractivity contribution in [3.05, 3.63) is 29.2 Å². The van der Waals surface area contributed by atoms with Crippen molar-refractivity contribution in [2.24, 2.45) is 0 Å². The van der Waals surface area contributed by atoms with Gasteiger partial charge in [0, 0.05) is 18.6 Å². The SMILES string of the molecule is CC(C)(C)c1cc(C(C)(C)C)c2oc(CCCCCO)nc2c1. The first-order chi connectivity index (χ1) is 10.6. The second-order valence-corrected chi connectivity index (χ2v) is 8.51. The fourth-order valence-electron chi connectivity index (χ4n) is 2.74. The number of oxazole rings is 1. The summed E-state index contributed by atoms with van der Waals surface area (Å²) in [5.74, 6) is 0.814. The number of aliphatic hydroxyl groups is 1. The second-order valence-electron chi connectivity index (χ2n) is 8.51. The fourth-order valence-corrected chi connectivity index (χ4v) is 2.74. The van der Waals surface area contributed by atoms with Gasteiger partial charge in [-0.1, -0.05) is 54.0 Å². The molecule has 1 heterocycles. The van der Waals surface area contributed by atoms with Crippen LogP contribution < -0.4 is 0 Å². The lowest BCUT2D eigenvalue weighted by Crippen LogP contribution is -2.16. The molecule has 0 saturated carbocycles. The van der Waals surface area contributed by atoms with Crippen molar-refractivity contribution in [1.29, 1.82) is 0 Å². The number of unbranched alkanes of at least 4 members (excludes halogenated alkanes) is 2. The van der Waals surface area contributed by atoms with Gasteiger partial charge in [0.15, 0.2) is 11.5 Å². The van der Waals surface area contributed by atoms with Crippen molar-refractivity contribution in [3.8, 4) is 0 Å². The van der Waals surface area contributed by atoms with Gasteiger partial charge in [-0.05, 0) is 35.3 Å². The Morgan fingerprint density at radius 3 is 2.22 bits per heavy atom. The van der Waals surface area contributed by atoms with E-state index in [1.165, 1.54) is 11.1 Å². The molecular formula is C20H31NO2. The number of hydrogen-bond acceptors (Lipinski definition) is 3. The Labute approximate surface area is 140 Å². The quantitative estimate of drug-likeness (QED) is 0.778. The van der Waals surface area contributed by atoms with Gasteiger partial charge in [0.1, 0.15) is 5.52 Å². The minimum absolute atomic E-state index is 0.0210. The molecule has 23 heavy (non-hydrogen) atoms. The van der Waals surface area contributed by atoms with Crippen molar-refractivity contribution >= 4 is 11.1 Å². The Hall–Kier alpha value is -1.35. The molecule has 0 aliphatic carbocycles. The third-order valence-corrected chi connectivity index (χ3v) is 4.26. The van der Waals surface area contributed by atoms with Crippen molar-refractivity contribution in [1.82, 2.24) is 4.98 Å². The first-order valence-corrected chi connectivity index (χ1v) is 8.68. The van der Waals surface area contributed by atoms with Crippen LogP contribution in [0.2, 0.25) is 0 Å². The summed E-state index contributed by atoms with van der Waals surface area (Å²) in [6.07, 6.45) is 3.70. The standard InChI is InChI=1S/C20H31NO2/c1-19(2,3)14-12-15(20(4,5)6)18-16(13-14)21-17(23-18)10-8-7-9-11-22/h12-13,22H,7-11H2,1-6H3. The molecule has 0 spiro atoms. The smallest absolute Gasteiger partial charge is 0.195 e. The van der Waals surface area contributed by atoms with Gasteiger partial charge in [0.25, 0.3) is 0 Å². The summed E-state index contributed by atoms with van der Waals surface area (Å²) in [4.78, 5) is 4.73. The average molecular weight is 317 g/mol. The number of fused-ring (bicyclic) bond motifs is 1. The molecule has 0 bridgehead atoms. The van der Waals surface area contributed by atoms with E-state index in [0.717, 1.165) is 42.7 Å². The summed E-state index contributed by atoms with van der Waals surface area (Å²) >= 11 is 0. The van der Waals surface area contributed by atoms with E-state index in [9.17, 15) is 0 Å². The van der Waals surface area contributed by atoms with Crippen LogP contribution in [0, 0.1) is 0 Å². The van der Waals surface area contributed by atoms with Crippen molar-refractivity contribution in [2.75, 3.05) is 6.61 Å². The van der Waals surface area contributed by atoms with E-state index < -0.39 is 0 Å². The van der Waals surface area contributed by atoms with E-state index in [-0.39, 0.29) is 17.4 Å². The monoisotopic (exact) mass is 317 g/mol. The molecule has 0 aliphatic rings.